The summed E-state index contributed by atoms with van der Waals surface area (Å²) >= 11 is 0. The van der Waals surface area contributed by atoms with Gasteiger partial charge in [-0.3, -0.25) is 0 Å². The van der Waals surface area contributed by atoms with Crippen LogP contribution in [0.3, 0.4) is 0 Å². The molecular formula is C15H21F3O3. The topological polar surface area (TPSA) is 35.5 Å². The van der Waals surface area contributed by atoms with E-state index in [1.165, 1.54) is 25.7 Å². The molecule has 2 fully saturated rings. The number of carbonyl (C=O) groups is 1. The Labute approximate surface area is 122 Å². The number of rotatable bonds is 4. The molecule has 2 rings (SSSR count). The Hall–Kier alpha value is -1.04. The van der Waals surface area contributed by atoms with Crippen molar-refractivity contribution in [2.75, 3.05) is 6.79 Å². The van der Waals surface area contributed by atoms with Crippen LogP contribution in [0.25, 0.3) is 0 Å². The van der Waals surface area contributed by atoms with Gasteiger partial charge in [-0.25, -0.2) is 4.79 Å². The highest BCUT2D eigenvalue weighted by atomic mass is 19.4. The lowest BCUT2D eigenvalue weighted by molar-refractivity contribution is -0.168. The Bertz CT molecular complexity index is 392. The van der Waals surface area contributed by atoms with E-state index in [-0.39, 0.29) is 6.10 Å². The van der Waals surface area contributed by atoms with Crippen molar-refractivity contribution in [2.45, 2.75) is 57.2 Å². The van der Waals surface area contributed by atoms with Crippen LogP contribution in [-0.4, -0.2) is 25.0 Å². The average Bonchev–Trinajstić information content (AvgIpc) is 2.45. The van der Waals surface area contributed by atoms with Crippen LogP contribution in [0.15, 0.2) is 12.2 Å². The number of carbonyl (C=O) groups excluding carboxylic acids is 1. The zero-order valence-electron chi connectivity index (χ0n) is 12.0. The van der Waals surface area contributed by atoms with Gasteiger partial charge in [-0.1, -0.05) is 32.3 Å². The molecule has 0 heterocycles. The van der Waals surface area contributed by atoms with E-state index >= 15 is 0 Å². The van der Waals surface area contributed by atoms with Crippen LogP contribution in [0.1, 0.15) is 44.9 Å². The highest BCUT2D eigenvalue weighted by molar-refractivity contribution is 5.89. The van der Waals surface area contributed by atoms with E-state index in [0.717, 1.165) is 25.2 Å². The van der Waals surface area contributed by atoms with Gasteiger partial charge in [-0.15, -0.1) is 0 Å². The first-order chi connectivity index (χ1) is 9.88. The summed E-state index contributed by atoms with van der Waals surface area (Å²) in [6.45, 7) is 2.26. The average molecular weight is 306 g/mol. The van der Waals surface area contributed by atoms with Crippen molar-refractivity contribution < 1.29 is 27.4 Å². The lowest BCUT2D eigenvalue weighted by Crippen LogP contribution is -2.32. The molecule has 0 aromatic heterocycles. The zero-order valence-corrected chi connectivity index (χ0v) is 12.0. The van der Waals surface area contributed by atoms with E-state index in [2.05, 4.69) is 11.3 Å². The molecule has 3 atom stereocenters. The Balaban J connectivity index is 1.69. The van der Waals surface area contributed by atoms with Crippen molar-refractivity contribution in [1.29, 1.82) is 0 Å². The summed E-state index contributed by atoms with van der Waals surface area (Å²) < 4.78 is 46.6. The summed E-state index contributed by atoms with van der Waals surface area (Å²) in [6.07, 6.45) is 3.15. The van der Waals surface area contributed by atoms with Gasteiger partial charge in [0, 0.05) is 0 Å². The summed E-state index contributed by atoms with van der Waals surface area (Å²) in [4.78, 5) is 11.1. The van der Waals surface area contributed by atoms with Crippen LogP contribution >= 0.6 is 0 Å². The standard InChI is InChI=1S/C15H21F3O3/c1-10(15(16,17)18)14(19)21-9-20-13-7-6-11-4-2-3-5-12(11)8-13/h11-13H,1-9H2. The van der Waals surface area contributed by atoms with Crippen molar-refractivity contribution in [2.24, 2.45) is 11.8 Å². The molecule has 0 spiro atoms. The smallest absolute Gasteiger partial charge is 0.422 e. The van der Waals surface area contributed by atoms with Crippen LogP contribution in [0, 0.1) is 11.8 Å². The quantitative estimate of drug-likeness (QED) is 0.448. The maximum Gasteiger partial charge on any atom is 0.422 e. The number of hydrogen-bond acceptors (Lipinski definition) is 3. The largest absolute Gasteiger partial charge is 0.435 e. The lowest BCUT2D eigenvalue weighted by Gasteiger charge is -2.38. The third-order valence-corrected chi connectivity index (χ3v) is 4.57. The van der Waals surface area contributed by atoms with Gasteiger partial charge in [0.2, 0.25) is 0 Å². The van der Waals surface area contributed by atoms with E-state index in [9.17, 15) is 18.0 Å². The highest BCUT2D eigenvalue weighted by Crippen LogP contribution is 2.41. The number of ether oxygens (including phenoxy) is 2. The Morgan fingerprint density at radius 3 is 2.43 bits per heavy atom. The van der Waals surface area contributed by atoms with Crippen LogP contribution in [0.5, 0.6) is 0 Å². The lowest BCUT2D eigenvalue weighted by atomic mass is 9.70. The van der Waals surface area contributed by atoms with E-state index < -0.39 is 24.5 Å². The van der Waals surface area contributed by atoms with Crippen LogP contribution in [0.4, 0.5) is 13.2 Å². The van der Waals surface area contributed by atoms with Gasteiger partial charge in [0.05, 0.1) is 6.10 Å². The third-order valence-electron chi connectivity index (χ3n) is 4.57. The molecule has 120 valence electrons. The molecular weight excluding hydrogens is 285 g/mol. The van der Waals surface area contributed by atoms with Gasteiger partial charge < -0.3 is 9.47 Å². The first-order valence-corrected chi connectivity index (χ1v) is 7.42. The van der Waals surface area contributed by atoms with Crippen LogP contribution in [0.2, 0.25) is 0 Å². The first-order valence-electron chi connectivity index (χ1n) is 7.42. The minimum Gasteiger partial charge on any atom is -0.435 e. The molecule has 0 saturated heterocycles. The molecule has 2 aliphatic carbocycles. The van der Waals surface area contributed by atoms with E-state index in [1.54, 1.807) is 0 Å². The second kappa shape index (κ2) is 6.81. The predicted molar refractivity (Wildman–Crippen MR) is 70.3 cm³/mol. The Morgan fingerprint density at radius 2 is 1.76 bits per heavy atom. The fraction of sp³-hybridized carbons (Fsp3) is 0.800. The predicted octanol–water partition coefficient (Wildman–Crippen LogP) is 3.98. The van der Waals surface area contributed by atoms with E-state index in [1.807, 2.05) is 0 Å². The van der Waals surface area contributed by atoms with Crippen LogP contribution < -0.4 is 0 Å². The fourth-order valence-corrected chi connectivity index (χ4v) is 3.37. The number of hydrogen-bond donors (Lipinski definition) is 0. The zero-order chi connectivity index (χ0) is 15.5. The SMILES string of the molecule is C=C(C(=O)OCOC1CCC2CCCCC2C1)C(F)(F)F. The molecule has 2 aliphatic rings. The molecule has 0 amide bonds. The highest BCUT2D eigenvalue weighted by Gasteiger charge is 2.38. The molecule has 0 bridgehead atoms. The maximum atomic E-state index is 12.2. The molecule has 0 aliphatic heterocycles. The minimum absolute atomic E-state index is 0.0173. The minimum atomic E-state index is -4.75. The normalized spacial score (nSPS) is 29.6. The summed E-state index contributed by atoms with van der Waals surface area (Å²) in [7, 11) is 0. The molecule has 3 unspecified atom stereocenters. The molecule has 2 saturated carbocycles. The Kier molecular flexibility index (Phi) is 5.30. The van der Waals surface area contributed by atoms with Gasteiger partial charge in [-0.05, 0) is 31.1 Å². The number of halogens is 3. The van der Waals surface area contributed by atoms with Crippen molar-refractivity contribution in [3.63, 3.8) is 0 Å². The third kappa shape index (κ3) is 4.46. The van der Waals surface area contributed by atoms with Crippen molar-refractivity contribution in [1.82, 2.24) is 0 Å². The second-order valence-electron chi connectivity index (χ2n) is 5.93. The summed E-state index contributed by atoms with van der Waals surface area (Å²) in [5, 5.41) is 0. The van der Waals surface area contributed by atoms with E-state index in [0.29, 0.717) is 5.92 Å². The fourth-order valence-electron chi connectivity index (χ4n) is 3.37. The Morgan fingerprint density at radius 1 is 1.10 bits per heavy atom. The molecule has 0 aromatic carbocycles. The molecule has 6 heteroatoms. The first kappa shape index (κ1) is 16.3. The van der Waals surface area contributed by atoms with E-state index in [4.69, 9.17) is 4.74 Å². The summed E-state index contributed by atoms with van der Waals surface area (Å²) in [6, 6.07) is 0. The monoisotopic (exact) mass is 306 g/mol. The molecule has 0 radical (unpaired) electrons. The summed E-state index contributed by atoms with van der Waals surface area (Å²) in [5.41, 5.74) is -1.50. The maximum absolute atomic E-state index is 12.2. The molecule has 0 aromatic rings. The van der Waals surface area contributed by atoms with Crippen molar-refractivity contribution in [3.8, 4) is 0 Å². The van der Waals surface area contributed by atoms with Crippen molar-refractivity contribution in [3.05, 3.63) is 12.2 Å². The number of fused-ring (bicyclic) bond motifs is 1. The molecule has 3 nitrogen and oxygen atoms in total. The molecule has 0 N–H and O–H groups in total. The van der Waals surface area contributed by atoms with Crippen molar-refractivity contribution >= 4 is 5.97 Å². The molecule has 21 heavy (non-hydrogen) atoms. The van der Waals surface area contributed by atoms with Gasteiger partial charge in [0.15, 0.2) is 6.79 Å². The second-order valence-corrected chi connectivity index (χ2v) is 5.93. The van der Waals surface area contributed by atoms with Gasteiger partial charge in [0.1, 0.15) is 5.57 Å². The van der Waals surface area contributed by atoms with Crippen LogP contribution in [-0.2, 0) is 14.3 Å². The van der Waals surface area contributed by atoms with Gasteiger partial charge in [-0.2, -0.15) is 13.2 Å². The van der Waals surface area contributed by atoms with Gasteiger partial charge in [0.25, 0.3) is 0 Å². The summed E-state index contributed by atoms with van der Waals surface area (Å²) in [5.74, 6) is -0.0432. The van der Waals surface area contributed by atoms with Gasteiger partial charge >= 0.3 is 12.1 Å². The number of alkyl halides is 3. The number of esters is 1.